The third-order valence-corrected chi connectivity index (χ3v) is 5.32. The van der Waals surface area contributed by atoms with Crippen LogP contribution in [-0.4, -0.2) is 29.7 Å². The Morgan fingerprint density at radius 1 is 1.00 bits per heavy atom. The second-order valence-electron chi connectivity index (χ2n) is 6.66. The summed E-state index contributed by atoms with van der Waals surface area (Å²) < 4.78 is 0. The van der Waals surface area contributed by atoms with Crippen LogP contribution in [0.5, 0.6) is 0 Å². The van der Waals surface area contributed by atoms with Crippen molar-refractivity contribution in [2.45, 2.75) is 24.8 Å². The van der Waals surface area contributed by atoms with E-state index in [0.29, 0.717) is 0 Å². The molecule has 0 amide bonds. The largest absolute Gasteiger partial charge is 0.394 e. The summed E-state index contributed by atoms with van der Waals surface area (Å²) >= 11 is 0. The third kappa shape index (κ3) is 2.57. The lowest BCUT2D eigenvalue weighted by Crippen LogP contribution is -2.38. The lowest BCUT2D eigenvalue weighted by Gasteiger charge is -2.36. The zero-order valence-electron chi connectivity index (χ0n) is 12.9. The maximum atomic E-state index is 9.88. The van der Waals surface area contributed by atoms with Crippen LogP contribution in [0.25, 0.3) is 0 Å². The minimum Gasteiger partial charge on any atom is -0.394 e. The standard InChI is InChI=1S/C20H23NO/c22-14-20-18-9-5-4-8-16(18)10-11-21(20)13-17-12-19(17)15-6-2-1-3-7-15/h1-9,17,19-20,22H,10-14H2/t17-,19-,20?/m0/s1. The lowest BCUT2D eigenvalue weighted by molar-refractivity contribution is 0.109. The lowest BCUT2D eigenvalue weighted by atomic mass is 9.92. The number of aliphatic hydroxyl groups is 1. The summed E-state index contributed by atoms with van der Waals surface area (Å²) in [5.41, 5.74) is 4.21. The highest BCUT2D eigenvalue weighted by molar-refractivity contribution is 5.33. The summed E-state index contributed by atoms with van der Waals surface area (Å²) in [7, 11) is 0. The second-order valence-corrected chi connectivity index (χ2v) is 6.66. The van der Waals surface area contributed by atoms with Crippen molar-refractivity contribution >= 4 is 0 Å². The molecule has 22 heavy (non-hydrogen) atoms. The van der Waals surface area contributed by atoms with Crippen molar-refractivity contribution in [3.05, 3.63) is 71.3 Å². The van der Waals surface area contributed by atoms with Gasteiger partial charge in [0.1, 0.15) is 0 Å². The number of rotatable bonds is 4. The van der Waals surface area contributed by atoms with Gasteiger partial charge in [0.25, 0.3) is 0 Å². The fraction of sp³-hybridized carbons (Fsp3) is 0.400. The molecular weight excluding hydrogens is 270 g/mol. The van der Waals surface area contributed by atoms with Gasteiger partial charge in [0.05, 0.1) is 12.6 Å². The molecule has 4 rings (SSSR count). The number of hydrogen-bond acceptors (Lipinski definition) is 2. The van der Waals surface area contributed by atoms with Gasteiger partial charge in [-0.3, -0.25) is 4.90 Å². The van der Waals surface area contributed by atoms with Gasteiger partial charge in [-0.15, -0.1) is 0 Å². The monoisotopic (exact) mass is 293 g/mol. The van der Waals surface area contributed by atoms with E-state index in [1.807, 2.05) is 0 Å². The molecule has 2 aromatic carbocycles. The molecular formula is C20H23NO. The summed E-state index contributed by atoms with van der Waals surface area (Å²) in [4.78, 5) is 2.50. The molecule has 2 aliphatic rings. The van der Waals surface area contributed by atoms with Crippen LogP contribution in [-0.2, 0) is 6.42 Å². The molecule has 0 saturated heterocycles. The van der Waals surface area contributed by atoms with Gasteiger partial charge in [-0.1, -0.05) is 54.6 Å². The number of aliphatic hydroxyl groups excluding tert-OH is 1. The summed E-state index contributed by atoms with van der Waals surface area (Å²) in [6, 6.07) is 19.6. The van der Waals surface area contributed by atoms with Crippen LogP contribution in [0.15, 0.2) is 54.6 Å². The maximum absolute atomic E-state index is 9.88. The molecule has 0 radical (unpaired) electrons. The van der Waals surface area contributed by atoms with Crippen molar-refractivity contribution in [1.29, 1.82) is 0 Å². The van der Waals surface area contributed by atoms with Crippen molar-refractivity contribution in [1.82, 2.24) is 4.90 Å². The van der Waals surface area contributed by atoms with E-state index >= 15 is 0 Å². The zero-order chi connectivity index (χ0) is 14.9. The first-order valence-corrected chi connectivity index (χ1v) is 8.34. The quantitative estimate of drug-likeness (QED) is 0.934. The van der Waals surface area contributed by atoms with Crippen LogP contribution in [0, 0.1) is 5.92 Å². The van der Waals surface area contributed by atoms with E-state index in [1.165, 1.54) is 23.1 Å². The normalized spacial score (nSPS) is 27.4. The third-order valence-electron chi connectivity index (χ3n) is 5.32. The molecule has 1 unspecified atom stereocenters. The average Bonchev–Trinajstić information content (AvgIpc) is 3.35. The van der Waals surface area contributed by atoms with E-state index in [2.05, 4.69) is 59.5 Å². The number of benzene rings is 2. The highest BCUT2D eigenvalue weighted by Gasteiger charge is 2.41. The predicted octanol–water partition coefficient (Wildman–Crippen LogP) is 3.38. The minimum atomic E-state index is 0.182. The van der Waals surface area contributed by atoms with E-state index < -0.39 is 0 Å². The second kappa shape index (κ2) is 5.86. The molecule has 0 aromatic heterocycles. The summed E-state index contributed by atoms with van der Waals surface area (Å²) in [5, 5.41) is 9.88. The summed E-state index contributed by atoms with van der Waals surface area (Å²) in [6.45, 7) is 2.40. The van der Waals surface area contributed by atoms with Crippen LogP contribution < -0.4 is 0 Å². The summed E-state index contributed by atoms with van der Waals surface area (Å²) in [5.74, 6) is 1.47. The molecule has 0 bridgehead atoms. The average molecular weight is 293 g/mol. The maximum Gasteiger partial charge on any atom is 0.0628 e. The van der Waals surface area contributed by atoms with Gasteiger partial charge >= 0.3 is 0 Å². The number of hydrogen-bond donors (Lipinski definition) is 1. The molecule has 3 atom stereocenters. The molecule has 1 N–H and O–H groups in total. The molecule has 114 valence electrons. The van der Waals surface area contributed by atoms with Crippen molar-refractivity contribution in [3.63, 3.8) is 0 Å². The number of nitrogens with zero attached hydrogens (tertiary/aromatic N) is 1. The van der Waals surface area contributed by atoms with E-state index in [-0.39, 0.29) is 12.6 Å². The van der Waals surface area contributed by atoms with Gasteiger partial charge in [0, 0.05) is 13.1 Å². The Morgan fingerprint density at radius 3 is 2.59 bits per heavy atom. The Kier molecular flexibility index (Phi) is 3.73. The molecule has 2 heteroatoms. The molecule has 1 fully saturated rings. The van der Waals surface area contributed by atoms with Crippen LogP contribution in [0.2, 0.25) is 0 Å². The van der Waals surface area contributed by atoms with Gasteiger partial charge in [-0.2, -0.15) is 0 Å². The van der Waals surface area contributed by atoms with Gasteiger partial charge in [0.15, 0.2) is 0 Å². The van der Waals surface area contributed by atoms with Crippen LogP contribution >= 0.6 is 0 Å². The first-order valence-electron chi connectivity index (χ1n) is 8.34. The van der Waals surface area contributed by atoms with Gasteiger partial charge < -0.3 is 5.11 Å². The van der Waals surface area contributed by atoms with E-state index in [4.69, 9.17) is 0 Å². The topological polar surface area (TPSA) is 23.5 Å². The Labute approximate surface area is 132 Å². The predicted molar refractivity (Wildman–Crippen MR) is 88.8 cm³/mol. The van der Waals surface area contributed by atoms with Crippen LogP contribution in [0.4, 0.5) is 0 Å². The van der Waals surface area contributed by atoms with E-state index in [1.54, 1.807) is 0 Å². The molecule has 2 nitrogen and oxygen atoms in total. The van der Waals surface area contributed by atoms with Crippen LogP contribution in [0.3, 0.4) is 0 Å². The van der Waals surface area contributed by atoms with E-state index in [9.17, 15) is 5.11 Å². The van der Waals surface area contributed by atoms with Gasteiger partial charge in [-0.25, -0.2) is 0 Å². The first-order chi connectivity index (χ1) is 10.9. The highest BCUT2D eigenvalue weighted by atomic mass is 16.3. The van der Waals surface area contributed by atoms with E-state index in [0.717, 1.165) is 31.3 Å². The minimum absolute atomic E-state index is 0.182. The molecule has 1 heterocycles. The Hall–Kier alpha value is -1.64. The first kappa shape index (κ1) is 14.0. The van der Waals surface area contributed by atoms with Crippen molar-refractivity contribution in [2.75, 3.05) is 19.7 Å². The van der Waals surface area contributed by atoms with Crippen molar-refractivity contribution in [2.24, 2.45) is 5.92 Å². The molecule has 0 spiro atoms. The molecule has 1 aliphatic carbocycles. The molecule has 2 aromatic rings. The van der Waals surface area contributed by atoms with Crippen LogP contribution in [0.1, 0.15) is 35.1 Å². The Morgan fingerprint density at radius 2 is 1.77 bits per heavy atom. The molecule has 1 saturated carbocycles. The molecule has 1 aliphatic heterocycles. The smallest absolute Gasteiger partial charge is 0.0628 e. The highest BCUT2D eigenvalue weighted by Crippen LogP contribution is 2.48. The Bertz CT molecular complexity index is 639. The SMILES string of the molecule is OCC1c2ccccc2CCN1C[C@@H]1C[C@H]1c1ccccc1. The van der Waals surface area contributed by atoms with Gasteiger partial charge in [-0.05, 0) is 41.4 Å². The van der Waals surface area contributed by atoms with Crippen molar-refractivity contribution in [3.8, 4) is 0 Å². The number of fused-ring (bicyclic) bond motifs is 1. The van der Waals surface area contributed by atoms with Crippen molar-refractivity contribution < 1.29 is 5.11 Å². The van der Waals surface area contributed by atoms with Gasteiger partial charge in [0.2, 0.25) is 0 Å². The summed E-state index contributed by atoms with van der Waals surface area (Å²) in [6.07, 6.45) is 2.40. The zero-order valence-corrected chi connectivity index (χ0v) is 12.9. The fourth-order valence-corrected chi connectivity index (χ4v) is 3.99. The Balaban J connectivity index is 1.46. The fourth-order valence-electron chi connectivity index (χ4n) is 3.99.